The summed E-state index contributed by atoms with van der Waals surface area (Å²) in [5, 5.41) is 10.1. The Morgan fingerprint density at radius 2 is 1.77 bits per heavy atom. The van der Waals surface area contributed by atoms with Crippen molar-refractivity contribution in [1.82, 2.24) is 9.62 Å². The normalized spacial score (nSPS) is 11.4. The van der Waals surface area contributed by atoms with Gasteiger partial charge in [0.05, 0.1) is 17.7 Å². The molecule has 0 aliphatic rings. The Kier molecular flexibility index (Phi) is 6.91. The standard InChI is InChI=1S/C22H24N2O5S/c1-23-30(27,28)20-11-8-17(9-12-20)10-13-22(26)24(16-19-6-4-14-29-19)15-18-5-2-3-7-21(18)25/h2-9,11-12,14,23,25H,10,13,15-16H2,1H3. The van der Waals surface area contributed by atoms with Crippen LogP contribution in [0.15, 0.2) is 76.2 Å². The fourth-order valence-electron chi connectivity index (χ4n) is 3.04. The van der Waals surface area contributed by atoms with Gasteiger partial charge in [-0.05, 0) is 49.4 Å². The Morgan fingerprint density at radius 3 is 2.40 bits per heavy atom. The van der Waals surface area contributed by atoms with E-state index in [1.807, 2.05) is 6.07 Å². The Labute approximate surface area is 176 Å². The van der Waals surface area contributed by atoms with E-state index in [0.29, 0.717) is 24.3 Å². The molecule has 0 bridgehead atoms. The number of phenols is 1. The Morgan fingerprint density at radius 1 is 1.03 bits per heavy atom. The van der Waals surface area contributed by atoms with E-state index in [1.54, 1.807) is 53.6 Å². The Bertz CT molecular complexity index is 1080. The lowest BCUT2D eigenvalue weighted by atomic mass is 10.1. The van der Waals surface area contributed by atoms with Crippen LogP contribution in [0.4, 0.5) is 0 Å². The van der Waals surface area contributed by atoms with Crippen LogP contribution in [0.5, 0.6) is 5.75 Å². The summed E-state index contributed by atoms with van der Waals surface area (Å²) in [5.74, 6) is 0.693. The van der Waals surface area contributed by atoms with Gasteiger partial charge in [0.2, 0.25) is 15.9 Å². The number of para-hydroxylation sites is 1. The average molecular weight is 429 g/mol. The number of nitrogens with zero attached hydrogens (tertiary/aromatic N) is 1. The van der Waals surface area contributed by atoms with Crippen LogP contribution >= 0.6 is 0 Å². The zero-order chi connectivity index (χ0) is 21.6. The second-order valence-corrected chi connectivity index (χ2v) is 8.70. The number of phenolic OH excluding ortho intramolecular Hbond substituents is 1. The predicted octanol–water partition coefficient (Wildman–Crippen LogP) is 3.05. The van der Waals surface area contributed by atoms with Crippen molar-refractivity contribution in [1.29, 1.82) is 0 Å². The molecule has 8 heteroatoms. The van der Waals surface area contributed by atoms with E-state index >= 15 is 0 Å². The monoisotopic (exact) mass is 428 g/mol. The van der Waals surface area contributed by atoms with E-state index in [2.05, 4.69) is 4.72 Å². The van der Waals surface area contributed by atoms with Crippen molar-refractivity contribution in [2.45, 2.75) is 30.8 Å². The largest absolute Gasteiger partial charge is 0.508 e. The van der Waals surface area contributed by atoms with Crippen LogP contribution in [0.2, 0.25) is 0 Å². The molecule has 1 amide bonds. The topological polar surface area (TPSA) is 99.9 Å². The Hall–Kier alpha value is -3.10. The smallest absolute Gasteiger partial charge is 0.240 e. The maximum absolute atomic E-state index is 12.9. The minimum atomic E-state index is -3.49. The maximum atomic E-state index is 12.9. The van der Waals surface area contributed by atoms with Crippen LogP contribution in [0.25, 0.3) is 0 Å². The van der Waals surface area contributed by atoms with Crippen LogP contribution in [0.1, 0.15) is 23.3 Å². The van der Waals surface area contributed by atoms with Gasteiger partial charge in [-0.3, -0.25) is 4.79 Å². The van der Waals surface area contributed by atoms with Gasteiger partial charge in [-0.1, -0.05) is 30.3 Å². The number of carbonyl (C=O) groups is 1. The summed E-state index contributed by atoms with van der Waals surface area (Å²) in [5.41, 5.74) is 1.51. The van der Waals surface area contributed by atoms with Gasteiger partial charge in [-0.2, -0.15) is 0 Å². The number of furan rings is 1. The molecule has 0 aliphatic carbocycles. The fourth-order valence-corrected chi connectivity index (χ4v) is 3.77. The number of amides is 1. The van der Waals surface area contributed by atoms with Gasteiger partial charge in [-0.25, -0.2) is 13.1 Å². The highest BCUT2D eigenvalue weighted by Gasteiger charge is 2.18. The molecule has 0 saturated carbocycles. The molecule has 0 radical (unpaired) electrons. The van der Waals surface area contributed by atoms with Crippen LogP contribution in [0, 0.1) is 0 Å². The highest BCUT2D eigenvalue weighted by Crippen LogP contribution is 2.20. The van der Waals surface area contributed by atoms with Crippen LogP contribution in [-0.4, -0.2) is 31.4 Å². The van der Waals surface area contributed by atoms with Crippen molar-refractivity contribution in [3.8, 4) is 5.75 Å². The van der Waals surface area contributed by atoms with Gasteiger partial charge in [0.25, 0.3) is 0 Å². The third-order valence-corrected chi connectivity index (χ3v) is 6.19. The zero-order valence-electron chi connectivity index (χ0n) is 16.6. The average Bonchev–Trinajstić information content (AvgIpc) is 3.26. The van der Waals surface area contributed by atoms with Crippen LogP contribution in [0.3, 0.4) is 0 Å². The van der Waals surface area contributed by atoms with Crippen molar-refractivity contribution in [2.75, 3.05) is 7.05 Å². The molecule has 7 nitrogen and oxygen atoms in total. The number of nitrogens with one attached hydrogen (secondary N) is 1. The van der Waals surface area contributed by atoms with E-state index < -0.39 is 10.0 Å². The number of aryl methyl sites for hydroxylation is 1. The summed E-state index contributed by atoms with van der Waals surface area (Å²) in [7, 11) is -2.13. The van der Waals surface area contributed by atoms with Crippen molar-refractivity contribution >= 4 is 15.9 Å². The lowest BCUT2D eigenvalue weighted by Crippen LogP contribution is -2.30. The molecular formula is C22H24N2O5S. The summed E-state index contributed by atoms with van der Waals surface area (Å²) in [4.78, 5) is 14.7. The number of sulfonamides is 1. The molecule has 0 unspecified atom stereocenters. The molecule has 0 atom stereocenters. The molecule has 0 fully saturated rings. The number of hydrogen-bond acceptors (Lipinski definition) is 5. The lowest BCUT2D eigenvalue weighted by molar-refractivity contribution is -0.132. The molecular weight excluding hydrogens is 404 g/mol. The summed E-state index contributed by atoms with van der Waals surface area (Å²) in [6, 6.07) is 16.9. The maximum Gasteiger partial charge on any atom is 0.240 e. The van der Waals surface area contributed by atoms with E-state index in [1.165, 1.54) is 19.2 Å². The summed E-state index contributed by atoms with van der Waals surface area (Å²) < 4.78 is 31.3. The van der Waals surface area contributed by atoms with Gasteiger partial charge < -0.3 is 14.4 Å². The molecule has 2 N–H and O–H groups in total. The van der Waals surface area contributed by atoms with Gasteiger partial charge >= 0.3 is 0 Å². The molecule has 3 rings (SSSR count). The van der Waals surface area contributed by atoms with Crippen LogP contribution < -0.4 is 4.72 Å². The highest BCUT2D eigenvalue weighted by molar-refractivity contribution is 7.89. The first-order valence-corrected chi connectivity index (χ1v) is 11.0. The van der Waals surface area contributed by atoms with Crippen molar-refractivity contribution < 1.29 is 22.7 Å². The number of aromatic hydroxyl groups is 1. The molecule has 0 aliphatic heterocycles. The van der Waals surface area contributed by atoms with E-state index in [-0.39, 0.29) is 29.5 Å². The third-order valence-electron chi connectivity index (χ3n) is 4.76. The van der Waals surface area contributed by atoms with E-state index in [0.717, 1.165) is 5.56 Å². The zero-order valence-corrected chi connectivity index (χ0v) is 17.4. The molecule has 158 valence electrons. The van der Waals surface area contributed by atoms with Gasteiger partial charge in [0, 0.05) is 18.5 Å². The predicted molar refractivity (Wildman–Crippen MR) is 112 cm³/mol. The van der Waals surface area contributed by atoms with Gasteiger partial charge in [-0.15, -0.1) is 0 Å². The van der Waals surface area contributed by atoms with Gasteiger partial charge in [0.1, 0.15) is 11.5 Å². The summed E-state index contributed by atoms with van der Waals surface area (Å²) >= 11 is 0. The lowest BCUT2D eigenvalue weighted by Gasteiger charge is -2.22. The summed E-state index contributed by atoms with van der Waals surface area (Å²) in [6.45, 7) is 0.547. The number of rotatable bonds is 9. The van der Waals surface area contributed by atoms with Crippen molar-refractivity contribution in [3.05, 3.63) is 83.8 Å². The molecule has 0 spiro atoms. The number of hydrogen-bond donors (Lipinski definition) is 2. The summed E-state index contributed by atoms with van der Waals surface area (Å²) in [6.07, 6.45) is 2.26. The molecule has 30 heavy (non-hydrogen) atoms. The van der Waals surface area contributed by atoms with Gasteiger partial charge in [0.15, 0.2) is 0 Å². The van der Waals surface area contributed by atoms with Crippen molar-refractivity contribution in [2.24, 2.45) is 0 Å². The number of benzene rings is 2. The number of carbonyl (C=O) groups excluding carboxylic acids is 1. The third kappa shape index (κ3) is 5.49. The fraction of sp³-hybridized carbons (Fsp3) is 0.227. The SMILES string of the molecule is CNS(=O)(=O)c1ccc(CCC(=O)N(Cc2ccco2)Cc2ccccc2O)cc1. The first-order valence-electron chi connectivity index (χ1n) is 9.48. The first-order chi connectivity index (χ1) is 14.4. The highest BCUT2D eigenvalue weighted by atomic mass is 32.2. The molecule has 1 heterocycles. The minimum Gasteiger partial charge on any atom is -0.508 e. The quantitative estimate of drug-likeness (QED) is 0.546. The molecule has 0 saturated heterocycles. The van der Waals surface area contributed by atoms with Crippen molar-refractivity contribution in [3.63, 3.8) is 0 Å². The first kappa shape index (κ1) is 21.6. The van der Waals surface area contributed by atoms with Crippen LogP contribution in [-0.2, 0) is 34.3 Å². The molecule has 3 aromatic rings. The van der Waals surface area contributed by atoms with E-state index in [4.69, 9.17) is 4.42 Å². The molecule has 2 aromatic carbocycles. The molecule has 1 aromatic heterocycles. The second-order valence-electron chi connectivity index (χ2n) is 6.81. The van der Waals surface area contributed by atoms with E-state index in [9.17, 15) is 18.3 Å². The second kappa shape index (κ2) is 9.60. The minimum absolute atomic E-state index is 0.0958. The Balaban J connectivity index is 1.69.